The zero-order valence-corrected chi connectivity index (χ0v) is 15.2. The van der Waals surface area contributed by atoms with Gasteiger partial charge in [-0.05, 0) is 36.4 Å². The molecule has 4 aromatic rings. The molecule has 0 saturated carbocycles. The predicted octanol–water partition coefficient (Wildman–Crippen LogP) is 1.88. The van der Waals surface area contributed by atoms with Gasteiger partial charge in [0.2, 0.25) is 0 Å². The lowest BCUT2D eigenvalue weighted by atomic mass is 10.2. The molecule has 0 aliphatic carbocycles. The van der Waals surface area contributed by atoms with Gasteiger partial charge in [0.15, 0.2) is 11.6 Å². The minimum atomic E-state index is 0.0727. The van der Waals surface area contributed by atoms with Crippen molar-refractivity contribution in [1.29, 1.82) is 0 Å². The van der Waals surface area contributed by atoms with Crippen molar-refractivity contribution in [2.24, 2.45) is 0 Å². The van der Waals surface area contributed by atoms with Gasteiger partial charge >= 0.3 is 0 Å². The Morgan fingerprint density at radius 3 is 2.43 bits per heavy atom. The van der Waals surface area contributed by atoms with Gasteiger partial charge in [0.05, 0.1) is 5.56 Å². The molecule has 0 radical (unpaired) electrons. The van der Waals surface area contributed by atoms with Crippen LogP contribution in [0, 0.1) is 0 Å². The zero-order valence-electron chi connectivity index (χ0n) is 15.2. The number of amides is 1. The van der Waals surface area contributed by atoms with E-state index in [0.717, 1.165) is 30.0 Å². The third kappa shape index (κ3) is 2.98. The molecular formula is C20H19N7O. The lowest BCUT2D eigenvalue weighted by molar-refractivity contribution is 0.0746. The van der Waals surface area contributed by atoms with Gasteiger partial charge < -0.3 is 14.2 Å². The van der Waals surface area contributed by atoms with Crippen molar-refractivity contribution < 1.29 is 4.79 Å². The quantitative estimate of drug-likeness (QED) is 0.548. The van der Waals surface area contributed by atoms with Crippen LogP contribution < -0.4 is 4.90 Å². The molecule has 1 saturated heterocycles. The van der Waals surface area contributed by atoms with E-state index in [0.29, 0.717) is 18.9 Å². The van der Waals surface area contributed by atoms with Gasteiger partial charge in [-0.15, -0.1) is 10.2 Å². The van der Waals surface area contributed by atoms with Gasteiger partial charge in [0, 0.05) is 56.5 Å². The summed E-state index contributed by atoms with van der Waals surface area (Å²) in [5.74, 6) is 1.57. The number of rotatable bonds is 3. The number of anilines is 1. The third-order valence-electron chi connectivity index (χ3n) is 5.02. The molecule has 4 aromatic heterocycles. The topological polar surface area (TPSA) is 71.6 Å². The van der Waals surface area contributed by atoms with Crippen molar-refractivity contribution in [1.82, 2.24) is 29.3 Å². The summed E-state index contributed by atoms with van der Waals surface area (Å²) in [4.78, 5) is 16.9. The van der Waals surface area contributed by atoms with Crippen LogP contribution in [0.1, 0.15) is 10.4 Å². The first-order valence-corrected chi connectivity index (χ1v) is 9.23. The lowest BCUT2D eigenvalue weighted by Crippen LogP contribution is -2.49. The molecule has 1 aliphatic heterocycles. The third-order valence-corrected chi connectivity index (χ3v) is 5.02. The second kappa shape index (κ2) is 6.80. The molecule has 8 nitrogen and oxygen atoms in total. The number of piperazine rings is 1. The van der Waals surface area contributed by atoms with E-state index in [4.69, 9.17) is 0 Å². The molecule has 0 bridgehead atoms. The Hall–Kier alpha value is -3.68. The van der Waals surface area contributed by atoms with E-state index in [1.54, 1.807) is 10.9 Å². The van der Waals surface area contributed by atoms with Crippen molar-refractivity contribution in [2.45, 2.75) is 0 Å². The fourth-order valence-corrected chi connectivity index (χ4v) is 3.51. The molecule has 1 amide bonds. The molecule has 5 rings (SSSR count). The van der Waals surface area contributed by atoms with E-state index in [2.05, 4.69) is 20.2 Å². The van der Waals surface area contributed by atoms with Crippen molar-refractivity contribution in [3.05, 3.63) is 72.8 Å². The number of pyridine rings is 1. The van der Waals surface area contributed by atoms with Crippen LogP contribution in [0.3, 0.4) is 0 Å². The van der Waals surface area contributed by atoms with Crippen molar-refractivity contribution >= 4 is 17.2 Å². The SMILES string of the molecule is O=C(c1cc2ccccn2c1)N1CCN(c2ccc(-n3cccn3)nn2)CC1. The highest BCUT2D eigenvalue weighted by Gasteiger charge is 2.23. The number of nitrogens with zero attached hydrogens (tertiary/aromatic N) is 7. The number of carbonyl (C=O) groups excluding carboxylic acids is 1. The van der Waals surface area contributed by atoms with Crippen LogP contribution in [0.15, 0.2) is 67.3 Å². The maximum absolute atomic E-state index is 12.8. The molecule has 1 fully saturated rings. The maximum atomic E-state index is 12.8. The van der Waals surface area contributed by atoms with Gasteiger partial charge in [-0.3, -0.25) is 4.79 Å². The monoisotopic (exact) mass is 373 g/mol. The van der Waals surface area contributed by atoms with Crippen molar-refractivity contribution in [2.75, 3.05) is 31.1 Å². The summed E-state index contributed by atoms with van der Waals surface area (Å²) in [5, 5.41) is 12.7. The van der Waals surface area contributed by atoms with E-state index < -0.39 is 0 Å². The predicted molar refractivity (Wildman–Crippen MR) is 105 cm³/mol. The molecular weight excluding hydrogens is 354 g/mol. The Labute approximate surface area is 161 Å². The Balaban J connectivity index is 1.25. The Morgan fingerprint density at radius 1 is 0.893 bits per heavy atom. The fraction of sp³-hybridized carbons (Fsp3) is 0.200. The highest BCUT2D eigenvalue weighted by atomic mass is 16.2. The molecule has 0 unspecified atom stereocenters. The molecule has 8 heteroatoms. The minimum absolute atomic E-state index is 0.0727. The van der Waals surface area contributed by atoms with E-state index >= 15 is 0 Å². The lowest BCUT2D eigenvalue weighted by Gasteiger charge is -2.35. The zero-order chi connectivity index (χ0) is 18.9. The van der Waals surface area contributed by atoms with Crippen LogP contribution in [-0.4, -0.2) is 61.4 Å². The molecule has 0 spiro atoms. The first kappa shape index (κ1) is 16.5. The molecule has 0 atom stereocenters. The number of carbonyl (C=O) groups is 1. The van der Waals surface area contributed by atoms with E-state index in [1.807, 2.05) is 70.4 Å². The molecule has 0 aromatic carbocycles. The molecule has 5 heterocycles. The molecule has 0 N–H and O–H groups in total. The highest BCUT2D eigenvalue weighted by molar-refractivity contribution is 5.95. The second-order valence-electron chi connectivity index (χ2n) is 6.74. The Bertz CT molecular complexity index is 1060. The summed E-state index contributed by atoms with van der Waals surface area (Å²) < 4.78 is 3.65. The fourth-order valence-electron chi connectivity index (χ4n) is 3.51. The van der Waals surface area contributed by atoms with Crippen LogP contribution >= 0.6 is 0 Å². The van der Waals surface area contributed by atoms with Gasteiger partial charge in [-0.2, -0.15) is 5.10 Å². The van der Waals surface area contributed by atoms with Crippen LogP contribution in [0.4, 0.5) is 5.82 Å². The molecule has 1 aliphatic rings. The minimum Gasteiger partial charge on any atom is -0.352 e. The van der Waals surface area contributed by atoms with Gasteiger partial charge in [-0.1, -0.05) is 6.07 Å². The standard InChI is InChI=1S/C20H19N7O/c28-20(16-14-17-4-1-2-8-26(17)15-16)25-12-10-24(11-13-25)18-5-6-19(23-22-18)27-9-3-7-21-27/h1-9,14-15H,10-13H2. The molecule has 140 valence electrons. The van der Waals surface area contributed by atoms with Gasteiger partial charge in [-0.25, -0.2) is 4.68 Å². The van der Waals surface area contributed by atoms with Crippen molar-refractivity contribution in [3.8, 4) is 5.82 Å². The number of hydrogen-bond donors (Lipinski definition) is 0. The van der Waals surface area contributed by atoms with Crippen LogP contribution in [0.25, 0.3) is 11.3 Å². The number of fused-ring (bicyclic) bond motifs is 1. The summed E-state index contributed by atoms with van der Waals surface area (Å²) in [6, 6.07) is 13.6. The normalized spacial score (nSPS) is 14.6. The van der Waals surface area contributed by atoms with Gasteiger partial charge in [0.25, 0.3) is 5.91 Å². The van der Waals surface area contributed by atoms with Crippen molar-refractivity contribution in [3.63, 3.8) is 0 Å². The first-order chi connectivity index (χ1) is 13.8. The van der Waals surface area contributed by atoms with E-state index in [1.165, 1.54) is 0 Å². The molecule has 28 heavy (non-hydrogen) atoms. The number of hydrogen-bond acceptors (Lipinski definition) is 5. The maximum Gasteiger partial charge on any atom is 0.255 e. The Morgan fingerprint density at radius 2 is 1.71 bits per heavy atom. The summed E-state index contributed by atoms with van der Waals surface area (Å²) in [6.45, 7) is 2.78. The van der Waals surface area contributed by atoms with Crippen LogP contribution in [-0.2, 0) is 0 Å². The van der Waals surface area contributed by atoms with Crippen LogP contribution in [0.2, 0.25) is 0 Å². The smallest absolute Gasteiger partial charge is 0.255 e. The van der Waals surface area contributed by atoms with Crippen LogP contribution in [0.5, 0.6) is 0 Å². The van der Waals surface area contributed by atoms with Gasteiger partial charge in [0.1, 0.15) is 0 Å². The second-order valence-corrected chi connectivity index (χ2v) is 6.74. The first-order valence-electron chi connectivity index (χ1n) is 9.23. The average molecular weight is 373 g/mol. The summed E-state index contributed by atoms with van der Waals surface area (Å²) in [7, 11) is 0. The Kier molecular flexibility index (Phi) is 4.01. The average Bonchev–Trinajstić information content (AvgIpc) is 3.43. The van der Waals surface area contributed by atoms with E-state index in [-0.39, 0.29) is 5.91 Å². The summed E-state index contributed by atoms with van der Waals surface area (Å²) >= 11 is 0. The highest BCUT2D eigenvalue weighted by Crippen LogP contribution is 2.17. The summed E-state index contributed by atoms with van der Waals surface area (Å²) in [6.07, 6.45) is 7.39. The summed E-state index contributed by atoms with van der Waals surface area (Å²) in [5.41, 5.74) is 1.75. The number of aromatic nitrogens is 5. The largest absolute Gasteiger partial charge is 0.352 e. The van der Waals surface area contributed by atoms with E-state index in [9.17, 15) is 4.79 Å².